The minimum absolute atomic E-state index is 0.238. The quantitative estimate of drug-likeness (QED) is 0.907. The fourth-order valence-electron chi connectivity index (χ4n) is 2.93. The van der Waals surface area contributed by atoms with Gasteiger partial charge in [-0.15, -0.1) is 0 Å². The Kier molecular flexibility index (Phi) is 4.23. The van der Waals surface area contributed by atoms with Crippen LogP contribution in [0.1, 0.15) is 33.6 Å². The first kappa shape index (κ1) is 13.8. The van der Waals surface area contributed by atoms with Gasteiger partial charge in [0.05, 0.1) is 16.0 Å². The average molecular weight is 265 g/mol. The fourth-order valence-corrected chi connectivity index (χ4v) is 4.75. The minimum atomic E-state index is -0.899. The molecule has 0 saturated heterocycles. The molecule has 0 spiro atoms. The van der Waals surface area contributed by atoms with Crippen LogP contribution < -0.4 is 5.32 Å². The summed E-state index contributed by atoms with van der Waals surface area (Å²) in [5.41, 5.74) is 0.241. The summed E-state index contributed by atoms with van der Waals surface area (Å²) in [5.74, 6) is 0. The molecule has 2 rings (SSSR count). The zero-order valence-electron chi connectivity index (χ0n) is 11.5. The van der Waals surface area contributed by atoms with E-state index in [-0.39, 0.29) is 10.7 Å². The van der Waals surface area contributed by atoms with Crippen molar-refractivity contribution in [1.29, 1.82) is 0 Å². The number of nitrogens with one attached hydrogen (secondary N) is 1. The second-order valence-electron chi connectivity index (χ2n) is 5.71. The van der Waals surface area contributed by atoms with Gasteiger partial charge in [-0.25, -0.2) is 0 Å². The second-order valence-corrected chi connectivity index (χ2v) is 7.38. The zero-order valence-corrected chi connectivity index (χ0v) is 12.3. The third kappa shape index (κ3) is 2.67. The molecule has 1 aliphatic carbocycles. The van der Waals surface area contributed by atoms with Gasteiger partial charge in [0, 0.05) is 10.9 Å². The molecule has 1 aromatic carbocycles. The maximum atomic E-state index is 12.7. The molecule has 3 unspecified atom stereocenters. The van der Waals surface area contributed by atoms with Gasteiger partial charge in [-0.1, -0.05) is 39.0 Å². The van der Waals surface area contributed by atoms with Crippen LogP contribution in [0.25, 0.3) is 0 Å². The molecule has 1 aromatic rings. The van der Waals surface area contributed by atoms with Crippen LogP contribution >= 0.6 is 0 Å². The van der Waals surface area contributed by atoms with Crippen LogP contribution in [0.3, 0.4) is 0 Å². The molecule has 0 radical (unpaired) electrons. The largest absolute Gasteiger partial charge is 0.313 e. The Morgan fingerprint density at radius 1 is 1.33 bits per heavy atom. The molecule has 1 N–H and O–H groups in total. The van der Waals surface area contributed by atoms with Gasteiger partial charge in [-0.05, 0) is 36.9 Å². The molecule has 3 heteroatoms. The fraction of sp³-hybridized carbons (Fsp3) is 0.600. The van der Waals surface area contributed by atoms with Crippen LogP contribution in [0, 0.1) is 5.41 Å². The van der Waals surface area contributed by atoms with Crippen molar-refractivity contribution in [2.45, 2.75) is 49.8 Å². The van der Waals surface area contributed by atoms with Crippen molar-refractivity contribution in [3.8, 4) is 0 Å². The molecule has 0 amide bonds. The van der Waals surface area contributed by atoms with E-state index in [4.69, 9.17) is 0 Å². The Morgan fingerprint density at radius 3 is 2.61 bits per heavy atom. The van der Waals surface area contributed by atoms with E-state index in [1.165, 1.54) is 0 Å². The summed E-state index contributed by atoms with van der Waals surface area (Å²) >= 11 is 0. The first-order chi connectivity index (χ1) is 8.56. The highest BCUT2D eigenvalue weighted by atomic mass is 32.2. The lowest BCUT2D eigenvalue weighted by Gasteiger charge is -2.31. The molecule has 0 heterocycles. The molecular formula is C15H23NOS. The smallest absolute Gasteiger partial charge is 0.0576 e. The highest BCUT2D eigenvalue weighted by Crippen LogP contribution is 2.41. The Balaban J connectivity index is 2.20. The van der Waals surface area contributed by atoms with Crippen molar-refractivity contribution >= 4 is 10.8 Å². The van der Waals surface area contributed by atoms with Crippen molar-refractivity contribution in [3.05, 3.63) is 30.3 Å². The topological polar surface area (TPSA) is 29.1 Å². The zero-order chi connectivity index (χ0) is 13.2. The van der Waals surface area contributed by atoms with Gasteiger partial charge in [-0.2, -0.15) is 0 Å². The van der Waals surface area contributed by atoms with E-state index < -0.39 is 10.8 Å². The van der Waals surface area contributed by atoms with Crippen molar-refractivity contribution in [3.63, 3.8) is 0 Å². The van der Waals surface area contributed by atoms with Crippen molar-refractivity contribution in [1.82, 2.24) is 5.32 Å². The third-order valence-electron chi connectivity index (χ3n) is 3.96. The molecule has 1 fully saturated rings. The molecule has 2 nitrogen and oxygen atoms in total. The van der Waals surface area contributed by atoms with Crippen LogP contribution in [0.15, 0.2) is 35.2 Å². The maximum absolute atomic E-state index is 12.7. The Hall–Kier alpha value is -0.670. The molecule has 0 bridgehead atoms. The van der Waals surface area contributed by atoms with Crippen molar-refractivity contribution in [2.24, 2.45) is 5.41 Å². The second kappa shape index (κ2) is 5.54. The van der Waals surface area contributed by atoms with Crippen molar-refractivity contribution < 1.29 is 4.21 Å². The van der Waals surface area contributed by atoms with Crippen LogP contribution in [0.4, 0.5) is 0 Å². The first-order valence-corrected chi connectivity index (χ1v) is 7.96. The lowest BCUT2D eigenvalue weighted by Crippen LogP contribution is -2.45. The highest BCUT2D eigenvalue weighted by Gasteiger charge is 2.44. The predicted octanol–water partition coefficient (Wildman–Crippen LogP) is 2.96. The normalized spacial score (nSPS) is 28.2. The van der Waals surface area contributed by atoms with Crippen LogP contribution in [-0.2, 0) is 10.8 Å². The van der Waals surface area contributed by atoms with Crippen LogP contribution in [0.5, 0.6) is 0 Å². The summed E-state index contributed by atoms with van der Waals surface area (Å²) in [6.45, 7) is 7.62. The van der Waals surface area contributed by atoms with E-state index in [9.17, 15) is 4.21 Å². The molecule has 0 aliphatic heterocycles. The molecule has 18 heavy (non-hydrogen) atoms. The summed E-state index contributed by atoms with van der Waals surface area (Å²) in [4.78, 5) is 0.961. The number of rotatable bonds is 4. The van der Waals surface area contributed by atoms with E-state index in [1.807, 2.05) is 30.3 Å². The van der Waals surface area contributed by atoms with Gasteiger partial charge in [0.25, 0.3) is 0 Å². The third-order valence-corrected chi connectivity index (χ3v) is 5.76. The van der Waals surface area contributed by atoms with E-state index in [1.54, 1.807) is 0 Å². The summed E-state index contributed by atoms with van der Waals surface area (Å²) < 4.78 is 12.7. The van der Waals surface area contributed by atoms with Gasteiger partial charge in [-0.3, -0.25) is 4.21 Å². The molecule has 100 valence electrons. The summed E-state index contributed by atoms with van der Waals surface area (Å²) in [7, 11) is -0.899. The van der Waals surface area contributed by atoms with E-state index >= 15 is 0 Å². The summed E-state index contributed by atoms with van der Waals surface area (Å²) in [6, 6.07) is 10.2. The highest BCUT2D eigenvalue weighted by molar-refractivity contribution is 7.85. The van der Waals surface area contributed by atoms with E-state index in [0.29, 0.717) is 6.04 Å². The average Bonchev–Trinajstić information content (AvgIpc) is 2.66. The van der Waals surface area contributed by atoms with Gasteiger partial charge < -0.3 is 5.32 Å². The minimum Gasteiger partial charge on any atom is -0.313 e. The predicted molar refractivity (Wildman–Crippen MR) is 77.1 cm³/mol. The van der Waals surface area contributed by atoms with Crippen LogP contribution in [0.2, 0.25) is 0 Å². The molecule has 1 aliphatic rings. The Labute approximate surface area is 113 Å². The monoisotopic (exact) mass is 265 g/mol. The van der Waals surface area contributed by atoms with E-state index in [2.05, 4.69) is 26.1 Å². The molecule has 0 aromatic heterocycles. The Bertz CT molecular complexity index is 416. The SMILES string of the molecule is CCNC1C(S(=O)c2ccccc2)CCC1(C)C. The lowest BCUT2D eigenvalue weighted by molar-refractivity contribution is 0.289. The number of hydrogen-bond donors (Lipinski definition) is 1. The summed E-state index contributed by atoms with van der Waals surface area (Å²) in [5, 5.41) is 3.78. The van der Waals surface area contributed by atoms with Gasteiger partial charge in [0.15, 0.2) is 0 Å². The molecule has 3 atom stereocenters. The number of hydrogen-bond acceptors (Lipinski definition) is 2. The standard InChI is InChI=1S/C15H23NOS/c1-4-16-14-13(10-11-15(14,2)3)18(17)12-8-6-5-7-9-12/h5-9,13-14,16H,4,10-11H2,1-3H3. The van der Waals surface area contributed by atoms with E-state index in [0.717, 1.165) is 24.3 Å². The van der Waals surface area contributed by atoms with Crippen LogP contribution in [-0.4, -0.2) is 22.0 Å². The van der Waals surface area contributed by atoms with Crippen molar-refractivity contribution in [2.75, 3.05) is 6.54 Å². The maximum Gasteiger partial charge on any atom is 0.0576 e. The first-order valence-electron chi connectivity index (χ1n) is 6.75. The van der Waals surface area contributed by atoms with Gasteiger partial charge in [0.2, 0.25) is 0 Å². The molecular weight excluding hydrogens is 242 g/mol. The lowest BCUT2D eigenvalue weighted by atomic mass is 9.87. The summed E-state index contributed by atoms with van der Waals surface area (Å²) in [6.07, 6.45) is 2.19. The molecule has 1 saturated carbocycles. The van der Waals surface area contributed by atoms with Gasteiger partial charge in [0.1, 0.15) is 0 Å². The Morgan fingerprint density at radius 2 is 2.00 bits per heavy atom. The number of benzene rings is 1. The van der Waals surface area contributed by atoms with Gasteiger partial charge >= 0.3 is 0 Å².